The number of benzene rings is 2. The van der Waals surface area contributed by atoms with E-state index in [9.17, 15) is 13.2 Å². The van der Waals surface area contributed by atoms with Gasteiger partial charge in [-0.1, -0.05) is 56.3 Å². The van der Waals surface area contributed by atoms with Crippen molar-refractivity contribution in [2.24, 2.45) is 5.92 Å². The molecule has 0 saturated carbocycles. The van der Waals surface area contributed by atoms with Crippen molar-refractivity contribution in [2.75, 3.05) is 39.8 Å². The summed E-state index contributed by atoms with van der Waals surface area (Å²) in [6.07, 6.45) is 1.13. The van der Waals surface area contributed by atoms with Gasteiger partial charge in [0.1, 0.15) is 0 Å². The summed E-state index contributed by atoms with van der Waals surface area (Å²) in [6.45, 7) is 7.32. The zero-order valence-electron chi connectivity index (χ0n) is 19.9. The molecule has 1 unspecified atom stereocenters. The summed E-state index contributed by atoms with van der Waals surface area (Å²) in [4.78, 5) is 18.1. The first-order valence-corrected chi connectivity index (χ1v) is 13.4. The summed E-state index contributed by atoms with van der Waals surface area (Å²) in [7, 11) is -1.45. The van der Waals surface area contributed by atoms with Gasteiger partial charge < -0.3 is 9.80 Å². The first-order valence-electron chi connectivity index (χ1n) is 11.9. The highest BCUT2D eigenvalue weighted by atomic mass is 32.2. The molecule has 2 aromatic carbocycles. The Morgan fingerprint density at radius 2 is 1.55 bits per heavy atom. The molecule has 2 heterocycles. The molecule has 2 fully saturated rings. The number of nitrogens with zero attached hydrogens (tertiary/aromatic N) is 3. The van der Waals surface area contributed by atoms with Crippen LogP contribution in [0.3, 0.4) is 0 Å². The summed E-state index contributed by atoms with van der Waals surface area (Å²) in [5.74, 6) is 0.391. The van der Waals surface area contributed by atoms with Crippen molar-refractivity contribution in [3.8, 4) is 0 Å². The van der Waals surface area contributed by atoms with Gasteiger partial charge in [-0.05, 0) is 49.1 Å². The zero-order chi connectivity index (χ0) is 23.6. The number of carbonyl (C=O) groups excluding carboxylic acids is 1. The van der Waals surface area contributed by atoms with Crippen LogP contribution in [-0.4, -0.2) is 68.2 Å². The first-order chi connectivity index (χ1) is 15.8. The predicted octanol–water partition coefficient (Wildman–Crippen LogP) is 3.73. The summed E-state index contributed by atoms with van der Waals surface area (Å²) in [6, 6.07) is 17.4. The van der Waals surface area contributed by atoms with E-state index in [-0.39, 0.29) is 17.9 Å². The molecule has 2 saturated heterocycles. The average Bonchev–Trinajstić information content (AvgIpc) is 2.84. The fourth-order valence-corrected chi connectivity index (χ4v) is 6.36. The maximum absolute atomic E-state index is 13.5. The number of sulfonamides is 1. The number of amides is 1. The topological polar surface area (TPSA) is 60.9 Å². The molecule has 4 rings (SSSR count). The van der Waals surface area contributed by atoms with Gasteiger partial charge in [0.05, 0.1) is 10.9 Å². The van der Waals surface area contributed by atoms with E-state index in [1.54, 1.807) is 16.4 Å². The van der Waals surface area contributed by atoms with Crippen LogP contribution in [0.2, 0.25) is 0 Å². The van der Waals surface area contributed by atoms with Crippen LogP contribution in [-0.2, 0) is 14.8 Å². The van der Waals surface area contributed by atoms with Gasteiger partial charge in [0.25, 0.3) is 0 Å². The highest BCUT2D eigenvalue weighted by Gasteiger charge is 2.37. The van der Waals surface area contributed by atoms with Crippen molar-refractivity contribution in [1.29, 1.82) is 0 Å². The van der Waals surface area contributed by atoms with Gasteiger partial charge in [0.2, 0.25) is 15.9 Å². The van der Waals surface area contributed by atoms with Crippen molar-refractivity contribution in [3.63, 3.8) is 0 Å². The Kier molecular flexibility index (Phi) is 7.22. The molecule has 1 atom stereocenters. The van der Waals surface area contributed by atoms with Crippen LogP contribution < -0.4 is 0 Å². The van der Waals surface area contributed by atoms with Gasteiger partial charge in [-0.25, -0.2) is 8.42 Å². The van der Waals surface area contributed by atoms with Crippen LogP contribution >= 0.6 is 0 Å². The third kappa shape index (κ3) is 5.15. The molecule has 1 amide bonds. The van der Waals surface area contributed by atoms with Crippen LogP contribution in [0.15, 0.2) is 59.5 Å². The Bertz CT molecular complexity index is 1050. The summed E-state index contributed by atoms with van der Waals surface area (Å²) < 4.78 is 27.8. The predicted molar refractivity (Wildman–Crippen MR) is 130 cm³/mol. The highest BCUT2D eigenvalue weighted by Crippen LogP contribution is 2.31. The lowest BCUT2D eigenvalue weighted by Gasteiger charge is -2.43. The second-order valence-corrected chi connectivity index (χ2v) is 11.6. The van der Waals surface area contributed by atoms with Gasteiger partial charge in [-0.15, -0.1) is 0 Å². The molecule has 0 spiro atoms. The molecule has 7 heteroatoms. The number of piperidine rings is 1. The molecule has 6 nitrogen and oxygen atoms in total. The minimum Gasteiger partial charge on any atom is -0.333 e. The normalized spacial score (nSPS) is 21.5. The number of likely N-dealkylation sites (N-methyl/N-ethyl adjacent to an activating group) is 1. The van der Waals surface area contributed by atoms with E-state index >= 15 is 0 Å². The van der Waals surface area contributed by atoms with Crippen LogP contribution in [0.1, 0.15) is 49.8 Å². The third-order valence-electron chi connectivity index (χ3n) is 7.04. The minimum absolute atomic E-state index is 0.0404. The maximum Gasteiger partial charge on any atom is 0.243 e. The lowest BCUT2D eigenvalue weighted by atomic mass is 9.94. The summed E-state index contributed by atoms with van der Waals surface area (Å²) in [5.41, 5.74) is 2.28. The van der Waals surface area contributed by atoms with Gasteiger partial charge in [-0.3, -0.25) is 4.79 Å². The molecular formula is C26H35N3O3S. The fraction of sp³-hybridized carbons (Fsp3) is 0.500. The van der Waals surface area contributed by atoms with Crippen molar-refractivity contribution in [2.45, 2.75) is 43.5 Å². The fourth-order valence-electron chi connectivity index (χ4n) is 4.90. The molecule has 2 aromatic rings. The number of hydrogen-bond acceptors (Lipinski definition) is 4. The molecule has 0 radical (unpaired) electrons. The number of rotatable bonds is 5. The first kappa shape index (κ1) is 23.9. The van der Waals surface area contributed by atoms with Crippen molar-refractivity contribution in [1.82, 2.24) is 14.1 Å². The van der Waals surface area contributed by atoms with Crippen LogP contribution in [0.5, 0.6) is 0 Å². The zero-order valence-corrected chi connectivity index (χ0v) is 20.7. The van der Waals surface area contributed by atoms with Gasteiger partial charge in [0, 0.05) is 38.6 Å². The van der Waals surface area contributed by atoms with Gasteiger partial charge >= 0.3 is 0 Å². The molecule has 33 heavy (non-hydrogen) atoms. The smallest absolute Gasteiger partial charge is 0.243 e. The van der Waals surface area contributed by atoms with Crippen molar-refractivity contribution < 1.29 is 13.2 Å². The van der Waals surface area contributed by atoms with E-state index in [0.29, 0.717) is 43.3 Å². The molecule has 0 aromatic heterocycles. The molecule has 2 aliphatic rings. The maximum atomic E-state index is 13.5. The molecule has 0 aliphatic carbocycles. The SMILES string of the molecule is CC(C)c1ccc(S(=O)(=O)N2CCC(C(=O)N3CCN(C)CC3c3ccccc3)CC2)cc1. The van der Waals surface area contributed by atoms with E-state index in [0.717, 1.165) is 24.2 Å². The largest absolute Gasteiger partial charge is 0.333 e. The van der Waals surface area contributed by atoms with Gasteiger partial charge in [0.15, 0.2) is 0 Å². The Hall–Kier alpha value is -2.22. The number of hydrogen-bond donors (Lipinski definition) is 0. The number of piperazine rings is 1. The standard InChI is InChI=1S/C26H35N3O3S/c1-20(2)21-9-11-24(12-10-21)33(31,32)28-15-13-23(14-16-28)26(30)29-18-17-27(3)19-25(29)22-7-5-4-6-8-22/h4-12,20,23,25H,13-19H2,1-3H3. The van der Waals surface area contributed by atoms with E-state index in [1.165, 1.54) is 0 Å². The Labute approximate surface area is 198 Å². The lowest BCUT2D eigenvalue weighted by molar-refractivity contribution is -0.141. The lowest BCUT2D eigenvalue weighted by Crippen LogP contribution is -2.52. The molecule has 178 valence electrons. The second-order valence-electron chi connectivity index (χ2n) is 9.62. The second kappa shape index (κ2) is 9.95. The van der Waals surface area contributed by atoms with E-state index in [1.807, 2.05) is 35.2 Å². The monoisotopic (exact) mass is 469 g/mol. The molecule has 2 aliphatic heterocycles. The van der Waals surface area contributed by atoms with E-state index in [2.05, 4.69) is 37.9 Å². The highest BCUT2D eigenvalue weighted by molar-refractivity contribution is 7.89. The van der Waals surface area contributed by atoms with E-state index in [4.69, 9.17) is 0 Å². The average molecular weight is 470 g/mol. The minimum atomic E-state index is -3.54. The van der Waals surface area contributed by atoms with Crippen LogP contribution in [0, 0.1) is 5.92 Å². The molecular weight excluding hydrogens is 434 g/mol. The summed E-state index contributed by atoms with van der Waals surface area (Å²) in [5, 5.41) is 0. The third-order valence-corrected chi connectivity index (χ3v) is 8.95. The van der Waals surface area contributed by atoms with Gasteiger partial charge in [-0.2, -0.15) is 4.31 Å². The number of carbonyl (C=O) groups is 1. The van der Waals surface area contributed by atoms with Crippen LogP contribution in [0.25, 0.3) is 0 Å². The summed E-state index contributed by atoms with van der Waals surface area (Å²) >= 11 is 0. The van der Waals surface area contributed by atoms with Crippen molar-refractivity contribution >= 4 is 15.9 Å². The quantitative estimate of drug-likeness (QED) is 0.670. The molecule has 0 N–H and O–H groups in total. The Morgan fingerprint density at radius 1 is 0.909 bits per heavy atom. The van der Waals surface area contributed by atoms with E-state index < -0.39 is 10.0 Å². The van der Waals surface area contributed by atoms with Crippen LogP contribution in [0.4, 0.5) is 0 Å². The molecule has 0 bridgehead atoms. The Balaban J connectivity index is 1.43. The Morgan fingerprint density at radius 3 is 2.15 bits per heavy atom. The van der Waals surface area contributed by atoms with Crippen molar-refractivity contribution in [3.05, 3.63) is 65.7 Å².